The fourth-order valence-corrected chi connectivity index (χ4v) is 4.47. The highest BCUT2D eigenvalue weighted by atomic mass is 35.5. The number of fused-ring (bicyclic) bond motifs is 3. The van der Waals surface area contributed by atoms with Crippen LogP contribution in [-0.4, -0.2) is 26.2 Å². The van der Waals surface area contributed by atoms with Gasteiger partial charge in [-0.1, -0.05) is 53.7 Å². The number of aromatic amines is 1. The molecule has 0 spiro atoms. The summed E-state index contributed by atoms with van der Waals surface area (Å²) in [5, 5.41) is 4.23. The lowest BCUT2D eigenvalue weighted by Crippen LogP contribution is -2.23. The van der Waals surface area contributed by atoms with E-state index in [1.807, 2.05) is 24.3 Å². The Morgan fingerprint density at radius 3 is 2.58 bits per heavy atom. The number of nitrogens with zero attached hydrogens (tertiary/aromatic N) is 2. The van der Waals surface area contributed by atoms with E-state index in [4.69, 9.17) is 16.6 Å². The van der Waals surface area contributed by atoms with Gasteiger partial charge >= 0.3 is 0 Å². The van der Waals surface area contributed by atoms with Crippen molar-refractivity contribution in [3.8, 4) is 5.69 Å². The van der Waals surface area contributed by atoms with Crippen molar-refractivity contribution in [1.29, 1.82) is 0 Å². The molecular weight excluding hydrogens is 463 g/mol. The third kappa shape index (κ3) is 4.10. The molecule has 164 valence electrons. The Bertz CT molecular complexity index is 1560. The number of nitrogens with one attached hydrogen (secondary N) is 2. The Hall–Kier alpha value is -3.62. The summed E-state index contributed by atoms with van der Waals surface area (Å²) in [6.07, 6.45) is 0. The Balaban J connectivity index is 1.57. The maximum absolute atomic E-state index is 13.9. The number of thioether (sulfide) groups is 1. The van der Waals surface area contributed by atoms with Crippen LogP contribution in [0.15, 0.2) is 82.7 Å². The molecule has 2 N–H and O–H groups in total. The van der Waals surface area contributed by atoms with Crippen LogP contribution >= 0.6 is 23.4 Å². The highest BCUT2D eigenvalue weighted by Gasteiger charge is 2.18. The third-order valence-corrected chi connectivity index (χ3v) is 6.25. The predicted molar refractivity (Wildman–Crippen MR) is 130 cm³/mol. The van der Waals surface area contributed by atoms with Gasteiger partial charge in [-0.05, 0) is 42.5 Å². The van der Waals surface area contributed by atoms with E-state index in [1.165, 1.54) is 16.7 Å². The zero-order chi connectivity index (χ0) is 22.9. The quantitative estimate of drug-likeness (QED) is 0.262. The molecule has 33 heavy (non-hydrogen) atoms. The van der Waals surface area contributed by atoms with Crippen LogP contribution in [0.4, 0.5) is 10.1 Å². The standard InChI is InChI=1S/C24H16ClFN4O2S/c25-14-9-11-15(12-10-14)30-23(32)22-21(16-5-1-3-7-18(16)28-22)29-24(30)33-13-20(31)27-19-8-4-2-6-17(19)26/h1-12,28H,13H2,(H,27,31). The minimum atomic E-state index is -0.521. The molecule has 1 amide bonds. The fraction of sp³-hybridized carbons (Fsp3) is 0.0417. The Morgan fingerprint density at radius 1 is 1.06 bits per heavy atom. The minimum Gasteiger partial charge on any atom is -0.349 e. The first kappa shape index (κ1) is 21.2. The molecule has 0 saturated heterocycles. The summed E-state index contributed by atoms with van der Waals surface area (Å²) in [7, 11) is 0. The number of hydrogen-bond donors (Lipinski definition) is 2. The van der Waals surface area contributed by atoms with E-state index < -0.39 is 11.7 Å². The van der Waals surface area contributed by atoms with E-state index >= 15 is 0 Å². The summed E-state index contributed by atoms with van der Waals surface area (Å²) in [5.74, 6) is -1.00. The van der Waals surface area contributed by atoms with Crippen molar-refractivity contribution in [3.63, 3.8) is 0 Å². The lowest BCUT2D eigenvalue weighted by molar-refractivity contribution is -0.113. The molecule has 0 fully saturated rings. The Labute approximate surface area is 196 Å². The van der Waals surface area contributed by atoms with Gasteiger partial charge in [0.2, 0.25) is 5.91 Å². The van der Waals surface area contributed by atoms with Gasteiger partial charge in [0, 0.05) is 15.9 Å². The first-order valence-electron chi connectivity index (χ1n) is 9.98. The largest absolute Gasteiger partial charge is 0.349 e. The van der Waals surface area contributed by atoms with Gasteiger partial charge in [0.15, 0.2) is 5.16 Å². The molecule has 0 aliphatic rings. The molecule has 0 radical (unpaired) electrons. The van der Waals surface area contributed by atoms with Crippen molar-refractivity contribution in [3.05, 3.63) is 94.0 Å². The van der Waals surface area contributed by atoms with Crippen LogP contribution in [0.2, 0.25) is 5.02 Å². The molecule has 0 unspecified atom stereocenters. The van der Waals surface area contributed by atoms with E-state index in [2.05, 4.69) is 10.3 Å². The number of para-hydroxylation sites is 2. The van der Waals surface area contributed by atoms with Gasteiger partial charge in [-0.3, -0.25) is 14.2 Å². The summed E-state index contributed by atoms with van der Waals surface area (Å²) < 4.78 is 15.3. The average molecular weight is 479 g/mol. The number of carbonyl (C=O) groups excluding carboxylic acids is 1. The van der Waals surface area contributed by atoms with Gasteiger partial charge in [0.1, 0.15) is 16.9 Å². The topological polar surface area (TPSA) is 79.8 Å². The van der Waals surface area contributed by atoms with E-state index in [0.717, 1.165) is 22.7 Å². The van der Waals surface area contributed by atoms with Gasteiger partial charge in [-0.2, -0.15) is 0 Å². The van der Waals surface area contributed by atoms with Crippen LogP contribution in [0.3, 0.4) is 0 Å². The zero-order valence-corrected chi connectivity index (χ0v) is 18.6. The number of hydrogen-bond acceptors (Lipinski definition) is 4. The Kier molecular flexibility index (Phi) is 5.62. The number of aromatic nitrogens is 3. The van der Waals surface area contributed by atoms with Crippen molar-refractivity contribution < 1.29 is 9.18 Å². The maximum atomic E-state index is 13.9. The summed E-state index contributed by atoms with van der Waals surface area (Å²) in [4.78, 5) is 33.9. The number of benzene rings is 3. The van der Waals surface area contributed by atoms with Crippen LogP contribution in [-0.2, 0) is 4.79 Å². The van der Waals surface area contributed by atoms with E-state index in [1.54, 1.807) is 36.4 Å². The summed E-state index contributed by atoms with van der Waals surface area (Å²) >= 11 is 7.11. The van der Waals surface area contributed by atoms with Gasteiger partial charge in [-0.15, -0.1) is 0 Å². The van der Waals surface area contributed by atoms with Crippen LogP contribution < -0.4 is 10.9 Å². The fourth-order valence-electron chi connectivity index (χ4n) is 3.54. The first-order valence-corrected chi connectivity index (χ1v) is 11.3. The number of halogens is 2. The molecule has 0 atom stereocenters. The van der Waals surface area contributed by atoms with Gasteiger partial charge in [-0.25, -0.2) is 9.37 Å². The van der Waals surface area contributed by atoms with Gasteiger partial charge in [0.05, 0.1) is 17.1 Å². The molecular formula is C24H16ClFN4O2S. The molecule has 0 aliphatic heterocycles. The second kappa shape index (κ2) is 8.73. The molecule has 2 aromatic heterocycles. The second-order valence-corrected chi connectivity index (χ2v) is 8.60. The van der Waals surface area contributed by atoms with Crippen LogP contribution in [0.1, 0.15) is 0 Å². The van der Waals surface area contributed by atoms with Crippen molar-refractivity contribution in [2.75, 3.05) is 11.1 Å². The van der Waals surface area contributed by atoms with Crippen molar-refractivity contribution in [1.82, 2.24) is 14.5 Å². The number of rotatable bonds is 5. The summed E-state index contributed by atoms with van der Waals surface area (Å²) in [6.45, 7) is 0. The van der Waals surface area contributed by atoms with Gasteiger partial charge in [0.25, 0.3) is 5.56 Å². The van der Waals surface area contributed by atoms with Crippen molar-refractivity contribution in [2.24, 2.45) is 0 Å². The predicted octanol–water partition coefficient (Wildman–Crippen LogP) is 5.39. The van der Waals surface area contributed by atoms with Crippen molar-refractivity contribution in [2.45, 2.75) is 5.16 Å². The van der Waals surface area contributed by atoms with Crippen LogP contribution in [0.25, 0.3) is 27.6 Å². The molecule has 0 bridgehead atoms. The lowest BCUT2D eigenvalue weighted by atomic mass is 10.2. The van der Waals surface area contributed by atoms with Crippen LogP contribution in [0, 0.1) is 5.82 Å². The Morgan fingerprint density at radius 2 is 1.79 bits per heavy atom. The molecule has 0 aliphatic carbocycles. The number of carbonyl (C=O) groups is 1. The van der Waals surface area contributed by atoms with Crippen LogP contribution in [0.5, 0.6) is 0 Å². The molecule has 6 nitrogen and oxygen atoms in total. The smallest absolute Gasteiger partial charge is 0.283 e. The molecule has 5 rings (SSSR count). The van der Waals surface area contributed by atoms with Gasteiger partial charge < -0.3 is 10.3 Å². The highest BCUT2D eigenvalue weighted by molar-refractivity contribution is 7.99. The van der Waals surface area contributed by atoms with E-state index in [-0.39, 0.29) is 17.0 Å². The number of H-pyrrole nitrogens is 1. The number of amides is 1. The monoisotopic (exact) mass is 478 g/mol. The summed E-state index contributed by atoms with van der Waals surface area (Å²) in [6, 6.07) is 20.2. The molecule has 9 heteroatoms. The third-order valence-electron chi connectivity index (χ3n) is 5.06. The number of anilines is 1. The molecule has 5 aromatic rings. The van der Waals surface area contributed by atoms with Crippen molar-refractivity contribution >= 4 is 56.9 Å². The SMILES string of the molecule is O=C(CSc1nc2c([nH]c3ccccc32)c(=O)n1-c1ccc(Cl)cc1)Nc1ccccc1F. The zero-order valence-electron chi connectivity index (χ0n) is 17.0. The molecule has 3 aromatic carbocycles. The minimum absolute atomic E-state index is 0.0672. The maximum Gasteiger partial charge on any atom is 0.283 e. The van der Waals surface area contributed by atoms with E-state index in [9.17, 15) is 14.0 Å². The normalized spacial score (nSPS) is 11.2. The summed E-state index contributed by atoms with van der Waals surface area (Å²) in [5.41, 5.74) is 2.05. The van der Waals surface area contributed by atoms with E-state index in [0.29, 0.717) is 26.9 Å². The molecule has 0 saturated carbocycles. The first-order chi connectivity index (χ1) is 16.0. The second-order valence-electron chi connectivity index (χ2n) is 7.22. The lowest BCUT2D eigenvalue weighted by Gasteiger charge is -2.12. The average Bonchev–Trinajstić information content (AvgIpc) is 3.19. The highest BCUT2D eigenvalue weighted by Crippen LogP contribution is 2.27. The molecule has 2 heterocycles.